The first-order valence-corrected chi connectivity index (χ1v) is 11.1. The van der Waals surface area contributed by atoms with E-state index in [1.807, 2.05) is 31.2 Å². The Hall–Kier alpha value is -2.42. The van der Waals surface area contributed by atoms with Crippen LogP contribution in [0.4, 0.5) is 0 Å². The second-order valence-electron chi connectivity index (χ2n) is 9.34. The van der Waals surface area contributed by atoms with Crippen LogP contribution in [0.15, 0.2) is 30.3 Å². The molecule has 1 aromatic carbocycles. The van der Waals surface area contributed by atoms with E-state index in [1.54, 1.807) is 0 Å². The molecule has 2 unspecified atom stereocenters. The van der Waals surface area contributed by atoms with Crippen LogP contribution in [0.2, 0.25) is 0 Å². The highest BCUT2D eigenvalue weighted by atomic mass is 16.5. The van der Waals surface area contributed by atoms with Gasteiger partial charge in [-0.3, -0.25) is 9.69 Å². The van der Waals surface area contributed by atoms with Gasteiger partial charge in [0, 0.05) is 40.6 Å². The molecule has 0 saturated carbocycles. The number of Topliss-reactive ketones (excluding diaryl/α,β-unsaturated/α-hetero) is 1. The zero-order valence-corrected chi connectivity index (χ0v) is 17.8. The predicted molar refractivity (Wildman–Crippen MR) is 115 cm³/mol. The maximum absolute atomic E-state index is 13.4. The second kappa shape index (κ2) is 7.68. The topological polar surface area (TPSA) is 58.3 Å². The van der Waals surface area contributed by atoms with Gasteiger partial charge in [0.05, 0.1) is 31.4 Å². The molecule has 4 heterocycles. The van der Waals surface area contributed by atoms with E-state index in [0.29, 0.717) is 36.0 Å². The van der Waals surface area contributed by atoms with Gasteiger partial charge in [0.15, 0.2) is 5.78 Å². The van der Waals surface area contributed by atoms with Crippen LogP contribution in [0.1, 0.15) is 53.5 Å². The Bertz CT molecular complexity index is 997. The summed E-state index contributed by atoms with van der Waals surface area (Å²) < 4.78 is 7.58. The van der Waals surface area contributed by atoms with Crippen LogP contribution < -0.4 is 0 Å². The minimum atomic E-state index is 0.233. The lowest BCUT2D eigenvalue weighted by Gasteiger charge is -2.26. The van der Waals surface area contributed by atoms with Gasteiger partial charge in [-0.25, -0.2) is 0 Å². The number of ketones is 1. The standard InChI is InChI=1S/C25H29N3O2/c1-16-9-21-7-8-24(16)27(21)13-25(29)23-11-22(10-19-14-30-15-19)28(17(23)2)20-5-3-18(12-26)4-6-20/h3-6,11,16,19,21,24H,7-10,13-15H2,1-2H3/t16-,21?,24?/m0/s1. The molecule has 30 heavy (non-hydrogen) atoms. The molecule has 3 fully saturated rings. The molecule has 0 N–H and O–H groups in total. The fourth-order valence-electron chi connectivity index (χ4n) is 5.76. The first-order valence-electron chi connectivity index (χ1n) is 11.1. The predicted octanol–water partition coefficient (Wildman–Crippen LogP) is 3.90. The summed E-state index contributed by atoms with van der Waals surface area (Å²) in [7, 11) is 0. The summed E-state index contributed by atoms with van der Waals surface area (Å²) in [5, 5.41) is 9.13. The fourth-order valence-corrected chi connectivity index (χ4v) is 5.76. The monoisotopic (exact) mass is 403 g/mol. The third-order valence-electron chi connectivity index (χ3n) is 7.40. The number of carbonyl (C=O) groups excluding carboxylic acids is 1. The van der Waals surface area contributed by atoms with Crippen molar-refractivity contribution in [3.63, 3.8) is 0 Å². The summed E-state index contributed by atoms with van der Waals surface area (Å²) in [6.45, 7) is 6.48. The largest absolute Gasteiger partial charge is 0.381 e. The summed E-state index contributed by atoms with van der Waals surface area (Å²) in [5.74, 6) is 1.45. The number of hydrogen-bond donors (Lipinski definition) is 0. The molecule has 0 radical (unpaired) electrons. The van der Waals surface area contributed by atoms with Crippen molar-refractivity contribution in [2.24, 2.45) is 11.8 Å². The molecule has 5 nitrogen and oxygen atoms in total. The van der Waals surface area contributed by atoms with Gasteiger partial charge in [0.2, 0.25) is 0 Å². The van der Waals surface area contributed by atoms with E-state index >= 15 is 0 Å². The van der Waals surface area contributed by atoms with E-state index in [-0.39, 0.29) is 5.78 Å². The van der Waals surface area contributed by atoms with E-state index in [4.69, 9.17) is 10.00 Å². The van der Waals surface area contributed by atoms with Crippen molar-refractivity contribution in [3.05, 3.63) is 52.8 Å². The van der Waals surface area contributed by atoms with Crippen LogP contribution in [-0.4, -0.2) is 47.1 Å². The Kier molecular flexibility index (Phi) is 5.00. The first kappa shape index (κ1) is 19.5. The lowest BCUT2D eigenvalue weighted by Crippen LogP contribution is -2.35. The minimum absolute atomic E-state index is 0.233. The summed E-state index contributed by atoms with van der Waals surface area (Å²) in [4.78, 5) is 15.9. The third kappa shape index (κ3) is 3.29. The van der Waals surface area contributed by atoms with Gasteiger partial charge < -0.3 is 9.30 Å². The van der Waals surface area contributed by atoms with Crippen LogP contribution in [0.25, 0.3) is 5.69 Å². The number of hydrogen-bond acceptors (Lipinski definition) is 4. The molecule has 3 aliphatic rings. The number of fused-ring (bicyclic) bond motifs is 2. The van der Waals surface area contributed by atoms with Gasteiger partial charge in [0.1, 0.15) is 0 Å². The molecular formula is C25H29N3O2. The van der Waals surface area contributed by atoms with Crippen molar-refractivity contribution in [1.29, 1.82) is 5.26 Å². The molecule has 3 saturated heterocycles. The van der Waals surface area contributed by atoms with E-state index < -0.39 is 0 Å². The van der Waals surface area contributed by atoms with Crippen molar-refractivity contribution in [2.75, 3.05) is 19.8 Å². The molecule has 0 spiro atoms. The SMILES string of the molecule is Cc1c(C(=O)CN2C3CCC2[C@@H](C)C3)cc(CC2COC2)n1-c1ccc(C#N)cc1. The van der Waals surface area contributed by atoms with Gasteiger partial charge in [-0.15, -0.1) is 0 Å². The molecular weight excluding hydrogens is 374 g/mol. The Morgan fingerprint density at radius 2 is 2.00 bits per heavy atom. The molecule has 3 aliphatic heterocycles. The molecule has 5 heteroatoms. The number of benzene rings is 1. The van der Waals surface area contributed by atoms with Crippen molar-refractivity contribution in [2.45, 2.75) is 51.6 Å². The minimum Gasteiger partial charge on any atom is -0.381 e. The highest BCUT2D eigenvalue weighted by molar-refractivity contribution is 5.99. The van der Waals surface area contributed by atoms with Crippen LogP contribution >= 0.6 is 0 Å². The van der Waals surface area contributed by atoms with Gasteiger partial charge in [0.25, 0.3) is 0 Å². The van der Waals surface area contributed by atoms with Gasteiger partial charge in [-0.2, -0.15) is 5.26 Å². The van der Waals surface area contributed by atoms with Crippen molar-refractivity contribution < 1.29 is 9.53 Å². The van der Waals surface area contributed by atoms with Crippen LogP contribution in [0, 0.1) is 30.1 Å². The normalized spacial score (nSPS) is 26.0. The number of carbonyl (C=O) groups is 1. The highest BCUT2D eigenvalue weighted by Crippen LogP contribution is 2.41. The molecule has 2 aromatic rings. The zero-order valence-electron chi connectivity index (χ0n) is 17.8. The average Bonchev–Trinajstić information content (AvgIpc) is 3.34. The highest BCUT2D eigenvalue weighted by Gasteiger charge is 2.44. The van der Waals surface area contributed by atoms with E-state index in [2.05, 4.69) is 28.5 Å². The van der Waals surface area contributed by atoms with Gasteiger partial charge in [-0.1, -0.05) is 6.92 Å². The van der Waals surface area contributed by atoms with Crippen LogP contribution in [0.5, 0.6) is 0 Å². The third-order valence-corrected chi connectivity index (χ3v) is 7.40. The average molecular weight is 404 g/mol. The second-order valence-corrected chi connectivity index (χ2v) is 9.34. The smallest absolute Gasteiger partial charge is 0.178 e. The van der Waals surface area contributed by atoms with Crippen molar-refractivity contribution >= 4 is 5.78 Å². The number of rotatable bonds is 6. The van der Waals surface area contributed by atoms with E-state index in [9.17, 15) is 4.79 Å². The van der Waals surface area contributed by atoms with Gasteiger partial charge >= 0.3 is 0 Å². The molecule has 1 aromatic heterocycles. The van der Waals surface area contributed by atoms with Crippen molar-refractivity contribution in [3.8, 4) is 11.8 Å². The van der Waals surface area contributed by atoms with E-state index in [0.717, 1.165) is 42.3 Å². The maximum atomic E-state index is 13.4. The summed E-state index contributed by atoms with van der Waals surface area (Å²) >= 11 is 0. The zero-order chi connectivity index (χ0) is 20.8. The van der Waals surface area contributed by atoms with E-state index in [1.165, 1.54) is 19.3 Å². The fraction of sp³-hybridized carbons (Fsp3) is 0.520. The Morgan fingerprint density at radius 1 is 1.23 bits per heavy atom. The summed E-state index contributed by atoms with van der Waals surface area (Å²) in [6.07, 6.45) is 4.61. The Balaban J connectivity index is 1.46. The molecule has 3 atom stereocenters. The quantitative estimate of drug-likeness (QED) is 0.687. The molecule has 5 rings (SSSR count). The van der Waals surface area contributed by atoms with Crippen LogP contribution in [-0.2, 0) is 11.2 Å². The number of nitrogens with zero attached hydrogens (tertiary/aromatic N) is 3. The Labute approximate surface area is 178 Å². The molecule has 2 bridgehead atoms. The summed E-state index contributed by atoms with van der Waals surface area (Å²) in [6, 6.07) is 13.1. The summed E-state index contributed by atoms with van der Waals surface area (Å²) in [5.41, 5.74) is 4.66. The lowest BCUT2D eigenvalue weighted by atomic mass is 9.91. The molecule has 156 valence electrons. The molecule has 0 amide bonds. The van der Waals surface area contributed by atoms with Gasteiger partial charge in [-0.05, 0) is 68.9 Å². The number of aromatic nitrogens is 1. The maximum Gasteiger partial charge on any atom is 0.178 e. The number of nitriles is 1. The van der Waals surface area contributed by atoms with Crippen molar-refractivity contribution in [1.82, 2.24) is 9.47 Å². The first-order chi connectivity index (χ1) is 14.5. The lowest BCUT2D eigenvalue weighted by molar-refractivity contribution is -0.0318. The Morgan fingerprint density at radius 3 is 2.57 bits per heavy atom. The number of ether oxygens (including phenoxy) is 1. The van der Waals surface area contributed by atoms with Crippen LogP contribution in [0.3, 0.4) is 0 Å². The molecule has 0 aliphatic carbocycles.